The van der Waals surface area contributed by atoms with E-state index in [4.69, 9.17) is 11.6 Å². The Kier molecular flexibility index (Phi) is 6.12. The number of hydrogen-bond acceptors (Lipinski definition) is 2. The molecule has 1 unspecified atom stereocenters. The monoisotopic (exact) mass is 238 g/mol. The van der Waals surface area contributed by atoms with E-state index >= 15 is 0 Å². The fraction of sp³-hybridized carbons (Fsp3) is 0.462. The van der Waals surface area contributed by atoms with Gasteiger partial charge < -0.3 is 5.32 Å². The highest BCUT2D eigenvalue weighted by molar-refractivity contribution is 6.31. The van der Waals surface area contributed by atoms with E-state index in [-0.39, 0.29) is 0 Å². The Balaban J connectivity index is 2.74. The zero-order chi connectivity index (χ0) is 11.8. The zero-order valence-corrected chi connectivity index (χ0v) is 10.5. The van der Waals surface area contributed by atoms with Crippen LogP contribution in [0.5, 0.6) is 0 Å². The smallest absolute Gasteiger partial charge is 0.0637 e. The first-order valence-electron chi connectivity index (χ1n) is 5.73. The molecule has 1 aromatic rings. The quantitative estimate of drug-likeness (QED) is 0.732. The first-order chi connectivity index (χ1) is 7.79. The van der Waals surface area contributed by atoms with Crippen molar-refractivity contribution in [3.05, 3.63) is 41.7 Å². The molecular formula is C13H19ClN2. The maximum atomic E-state index is 6.15. The van der Waals surface area contributed by atoms with Crippen LogP contribution in [0.1, 0.15) is 37.8 Å². The average molecular weight is 239 g/mol. The summed E-state index contributed by atoms with van der Waals surface area (Å²) in [6.45, 7) is 6.91. The third-order valence-electron chi connectivity index (χ3n) is 2.48. The lowest BCUT2D eigenvalue weighted by atomic mass is 10.0. The molecule has 88 valence electrons. The highest BCUT2D eigenvalue weighted by Gasteiger charge is 2.12. The van der Waals surface area contributed by atoms with Crippen LogP contribution in [0.25, 0.3) is 0 Å². The molecule has 1 atom stereocenters. The molecule has 1 rings (SSSR count). The molecule has 0 aliphatic carbocycles. The second kappa shape index (κ2) is 7.42. The van der Waals surface area contributed by atoms with Gasteiger partial charge in [0.25, 0.3) is 0 Å². The van der Waals surface area contributed by atoms with E-state index in [2.05, 4.69) is 23.8 Å². The minimum Gasteiger partial charge on any atom is -0.310 e. The number of rotatable bonds is 7. The molecule has 0 saturated carbocycles. The van der Waals surface area contributed by atoms with E-state index in [0.717, 1.165) is 36.4 Å². The van der Waals surface area contributed by atoms with Gasteiger partial charge >= 0.3 is 0 Å². The fourth-order valence-corrected chi connectivity index (χ4v) is 1.89. The number of hydrogen-bond donors (Lipinski definition) is 1. The summed E-state index contributed by atoms with van der Waals surface area (Å²) < 4.78 is 0. The molecule has 1 N–H and O–H groups in total. The van der Waals surface area contributed by atoms with Gasteiger partial charge in [-0.15, -0.1) is 6.58 Å². The van der Waals surface area contributed by atoms with Crippen LogP contribution >= 0.6 is 11.6 Å². The Labute approximate surface area is 103 Å². The third-order valence-corrected chi connectivity index (χ3v) is 2.80. The Morgan fingerprint density at radius 3 is 3.06 bits per heavy atom. The number of nitrogens with zero attached hydrogens (tertiary/aromatic N) is 1. The average Bonchev–Trinajstić information content (AvgIpc) is 2.31. The second-order valence-electron chi connectivity index (χ2n) is 3.77. The summed E-state index contributed by atoms with van der Waals surface area (Å²) in [6, 6.07) is 2.28. The number of halogens is 1. The number of aromatic nitrogens is 1. The summed E-state index contributed by atoms with van der Waals surface area (Å²) in [5, 5.41) is 4.24. The topological polar surface area (TPSA) is 24.9 Å². The lowest BCUT2D eigenvalue weighted by Crippen LogP contribution is -2.22. The van der Waals surface area contributed by atoms with Crippen LogP contribution in [0.2, 0.25) is 5.02 Å². The van der Waals surface area contributed by atoms with Crippen molar-refractivity contribution in [3.63, 3.8) is 0 Å². The Morgan fingerprint density at radius 1 is 1.62 bits per heavy atom. The van der Waals surface area contributed by atoms with Crippen molar-refractivity contribution in [1.82, 2.24) is 10.3 Å². The maximum absolute atomic E-state index is 6.15. The van der Waals surface area contributed by atoms with Gasteiger partial charge in [-0.2, -0.15) is 0 Å². The number of nitrogens with one attached hydrogen (secondary N) is 1. The van der Waals surface area contributed by atoms with Gasteiger partial charge in [0.1, 0.15) is 0 Å². The van der Waals surface area contributed by atoms with E-state index < -0.39 is 0 Å². The van der Waals surface area contributed by atoms with Gasteiger partial charge in [-0.1, -0.05) is 24.6 Å². The van der Waals surface area contributed by atoms with E-state index in [9.17, 15) is 0 Å². The van der Waals surface area contributed by atoms with E-state index in [0.29, 0.717) is 6.04 Å². The van der Waals surface area contributed by atoms with Crippen molar-refractivity contribution in [2.45, 2.75) is 32.2 Å². The molecule has 0 amide bonds. The van der Waals surface area contributed by atoms with Crippen molar-refractivity contribution in [1.29, 1.82) is 0 Å². The summed E-state index contributed by atoms with van der Waals surface area (Å²) in [7, 11) is 0. The maximum Gasteiger partial charge on any atom is 0.0637 e. The van der Waals surface area contributed by atoms with Gasteiger partial charge in [0.05, 0.1) is 5.02 Å². The molecule has 0 spiro atoms. The molecule has 0 aliphatic rings. The Hall–Kier alpha value is -0.860. The first-order valence-corrected chi connectivity index (χ1v) is 6.11. The number of allylic oxidation sites excluding steroid dienone is 1. The zero-order valence-electron chi connectivity index (χ0n) is 9.75. The van der Waals surface area contributed by atoms with Crippen LogP contribution in [0.4, 0.5) is 0 Å². The normalized spacial score (nSPS) is 12.4. The van der Waals surface area contributed by atoms with Gasteiger partial charge in [0.2, 0.25) is 0 Å². The van der Waals surface area contributed by atoms with Crippen LogP contribution in [0, 0.1) is 0 Å². The molecule has 1 heterocycles. The van der Waals surface area contributed by atoms with Gasteiger partial charge in [-0.05, 0) is 37.4 Å². The van der Waals surface area contributed by atoms with Crippen molar-refractivity contribution < 1.29 is 0 Å². The van der Waals surface area contributed by atoms with Gasteiger partial charge in [0, 0.05) is 18.4 Å². The van der Waals surface area contributed by atoms with E-state index in [1.165, 1.54) is 0 Å². The standard InChI is InChI=1S/C13H19ClN2/c1-3-5-6-13(16-8-4-2)11-7-9-15-10-12(11)14/h3,7,9-10,13,16H,1,4-6,8H2,2H3. The van der Waals surface area contributed by atoms with Crippen LogP contribution in [-0.2, 0) is 0 Å². The molecule has 0 fully saturated rings. The SMILES string of the molecule is C=CCCC(NCCC)c1ccncc1Cl. The molecule has 0 radical (unpaired) electrons. The Morgan fingerprint density at radius 2 is 2.44 bits per heavy atom. The molecule has 0 saturated heterocycles. The van der Waals surface area contributed by atoms with Crippen LogP contribution in [0.15, 0.2) is 31.1 Å². The highest BCUT2D eigenvalue weighted by Crippen LogP contribution is 2.25. The largest absolute Gasteiger partial charge is 0.310 e. The van der Waals surface area contributed by atoms with Crippen LogP contribution in [0.3, 0.4) is 0 Å². The molecule has 0 aromatic carbocycles. The predicted molar refractivity (Wildman–Crippen MR) is 69.7 cm³/mol. The highest BCUT2D eigenvalue weighted by atomic mass is 35.5. The van der Waals surface area contributed by atoms with E-state index in [1.54, 1.807) is 12.4 Å². The molecule has 0 bridgehead atoms. The van der Waals surface area contributed by atoms with Crippen LogP contribution < -0.4 is 5.32 Å². The number of pyridine rings is 1. The summed E-state index contributed by atoms with van der Waals surface area (Å²) >= 11 is 6.15. The Bertz CT molecular complexity index is 325. The van der Waals surface area contributed by atoms with Crippen LogP contribution in [-0.4, -0.2) is 11.5 Å². The van der Waals surface area contributed by atoms with Crippen molar-refractivity contribution in [2.24, 2.45) is 0 Å². The second-order valence-corrected chi connectivity index (χ2v) is 4.18. The molecule has 2 nitrogen and oxygen atoms in total. The van der Waals surface area contributed by atoms with Crippen molar-refractivity contribution in [3.8, 4) is 0 Å². The first kappa shape index (κ1) is 13.2. The predicted octanol–water partition coefficient (Wildman–Crippen LogP) is 3.74. The minimum atomic E-state index is 0.299. The lowest BCUT2D eigenvalue weighted by Gasteiger charge is -2.19. The summed E-state index contributed by atoms with van der Waals surface area (Å²) in [5.41, 5.74) is 1.13. The van der Waals surface area contributed by atoms with Gasteiger partial charge in [-0.25, -0.2) is 0 Å². The lowest BCUT2D eigenvalue weighted by molar-refractivity contribution is 0.503. The third kappa shape index (κ3) is 3.95. The summed E-state index contributed by atoms with van der Waals surface area (Å²) in [5.74, 6) is 0. The molecule has 16 heavy (non-hydrogen) atoms. The van der Waals surface area contributed by atoms with Gasteiger partial charge in [0.15, 0.2) is 0 Å². The molecule has 3 heteroatoms. The molecule has 1 aromatic heterocycles. The summed E-state index contributed by atoms with van der Waals surface area (Å²) in [4.78, 5) is 4.01. The fourth-order valence-electron chi connectivity index (χ4n) is 1.64. The van der Waals surface area contributed by atoms with Crippen molar-refractivity contribution >= 4 is 11.6 Å². The van der Waals surface area contributed by atoms with Crippen molar-refractivity contribution in [2.75, 3.05) is 6.54 Å². The van der Waals surface area contributed by atoms with Gasteiger partial charge in [-0.3, -0.25) is 4.98 Å². The summed E-state index contributed by atoms with van der Waals surface area (Å²) in [6.07, 6.45) is 8.55. The van der Waals surface area contributed by atoms with E-state index in [1.807, 2.05) is 12.1 Å². The molecular weight excluding hydrogens is 220 g/mol. The molecule has 0 aliphatic heterocycles. The minimum absolute atomic E-state index is 0.299.